The van der Waals surface area contributed by atoms with Crippen LogP contribution in [0.2, 0.25) is 0 Å². The van der Waals surface area contributed by atoms with Gasteiger partial charge < -0.3 is 16.0 Å². The van der Waals surface area contributed by atoms with E-state index >= 15 is 0 Å². The van der Waals surface area contributed by atoms with Gasteiger partial charge in [-0.15, -0.1) is 0 Å². The van der Waals surface area contributed by atoms with Gasteiger partial charge in [0, 0.05) is 12.6 Å². The number of rotatable bonds is 4. The molecule has 1 aromatic rings. The molecular formula is C12H19N5O2. The zero-order valence-corrected chi connectivity index (χ0v) is 11.6. The molecule has 0 atom stereocenters. The van der Waals surface area contributed by atoms with E-state index in [1.165, 1.54) is 12.4 Å². The lowest BCUT2D eigenvalue weighted by Crippen LogP contribution is -2.45. The zero-order valence-electron chi connectivity index (χ0n) is 11.6. The second kappa shape index (κ2) is 5.64. The first-order chi connectivity index (χ1) is 8.69. The standard InChI is InChI=1S/C12H19N5O2/c1-12(2,3)16-10(18)7-17(4)9-6-14-5-8(15-9)11(13)19/h5-6H,7H2,1-4H3,(H2,13,19)(H,16,18). The van der Waals surface area contributed by atoms with E-state index in [0.29, 0.717) is 5.82 Å². The van der Waals surface area contributed by atoms with Gasteiger partial charge in [-0.2, -0.15) is 0 Å². The third kappa shape index (κ3) is 4.90. The third-order valence-electron chi connectivity index (χ3n) is 2.16. The lowest BCUT2D eigenvalue weighted by molar-refractivity contribution is -0.121. The molecule has 0 saturated heterocycles. The van der Waals surface area contributed by atoms with Gasteiger partial charge in [0.05, 0.1) is 18.9 Å². The Balaban J connectivity index is 2.73. The van der Waals surface area contributed by atoms with Crippen LogP contribution >= 0.6 is 0 Å². The molecule has 0 saturated carbocycles. The highest BCUT2D eigenvalue weighted by molar-refractivity contribution is 5.90. The molecule has 0 bridgehead atoms. The molecule has 7 heteroatoms. The van der Waals surface area contributed by atoms with E-state index in [9.17, 15) is 9.59 Å². The fourth-order valence-corrected chi connectivity index (χ4v) is 1.41. The van der Waals surface area contributed by atoms with Crippen LogP contribution in [0.1, 0.15) is 31.3 Å². The summed E-state index contributed by atoms with van der Waals surface area (Å²) in [5.41, 5.74) is 4.91. The molecule has 1 heterocycles. The summed E-state index contributed by atoms with van der Waals surface area (Å²) in [6.45, 7) is 5.82. The molecule has 0 radical (unpaired) electrons. The molecular weight excluding hydrogens is 246 g/mol. The van der Waals surface area contributed by atoms with E-state index < -0.39 is 5.91 Å². The van der Waals surface area contributed by atoms with Crippen molar-refractivity contribution >= 4 is 17.6 Å². The van der Waals surface area contributed by atoms with Gasteiger partial charge in [-0.05, 0) is 20.8 Å². The van der Waals surface area contributed by atoms with Crippen LogP contribution in [0.15, 0.2) is 12.4 Å². The Bertz CT molecular complexity index is 481. The molecule has 7 nitrogen and oxygen atoms in total. The van der Waals surface area contributed by atoms with E-state index in [4.69, 9.17) is 5.73 Å². The lowest BCUT2D eigenvalue weighted by Gasteiger charge is -2.23. The fraction of sp³-hybridized carbons (Fsp3) is 0.500. The minimum absolute atomic E-state index is 0.0700. The van der Waals surface area contributed by atoms with Crippen molar-refractivity contribution in [2.45, 2.75) is 26.3 Å². The Labute approximate surface area is 112 Å². The van der Waals surface area contributed by atoms with Crippen molar-refractivity contribution < 1.29 is 9.59 Å². The predicted octanol–water partition coefficient (Wildman–Crippen LogP) is -0.0736. The lowest BCUT2D eigenvalue weighted by atomic mass is 10.1. The normalized spacial score (nSPS) is 10.9. The van der Waals surface area contributed by atoms with Crippen molar-refractivity contribution in [3.63, 3.8) is 0 Å². The largest absolute Gasteiger partial charge is 0.364 e. The van der Waals surface area contributed by atoms with Crippen LogP contribution in [0, 0.1) is 0 Å². The number of carbonyl (C=O) groups is 2. The van der Waals surface area contributed by atoms with E-state index in [1.54, 1.807) is 11.9 Å². The molecule has 0 aliphatic heterocycles. The molecule has 1 rings (SSSR count). The van der Waals surface area contributed by atoms with Crippen molar-refractivity contribution in [2.24, 2.45) is 5.73 Å². The van der Waals surface area contributed by atoms with Gasteiger partial charge >= 0.3 is 0 Å². The summed E-state index contributed by atoms with van der Waals surface area (Å²) in [6, 6.07) is 0. The quantitative estimate of drug-likeness (QED) is 0.793. The third-order valence-corrected chi connectivity index (χ3v) is 2.16. The van der Waals surface area contributed by atoms with Gasteiger partial charge in [-0.3, -0.25) is 14.6 Å². The monoisotopic (exact) mass is 265 g/mol. The van der Waals surface area contributed by atoms with Crippen LogP contribution in [0.25, 0.3) is 0 Å². The van der Waals surface area contributed by atoms with Crippen molar-refractivity contribution in [3.8, 4) is 0 Å². The number of nitrogens with one attached hydrogen (secondary N) is 1. The highest BCUT2D eigenvalue weighted by atomic mass is 16.2. The van der Waals surface area contributed by atoms with Crippen LogP contribution in [-0.4, -0.2) is 40.9 Å². The average Bonchev–Trinajstić information content (AvgIpc) is 2.26. The van der Waals surface area contributed by atoms with Crippen LogP contribution < -0.4 is 16.0 Å². The summed E-state index contributed by atoms with van der Waals surface area (Å²) in [4.78, 5) is 32.3. The van der Waals surface area contributed by atoms with E-state index in [-0.39, 0.29) is 23.7 Å². The Morgan fingerprint density at radius 2 is 2.00 bits per heavy atom. The molecule has 1 aromatic heterocycles. The van der Waals surface area contributed by atoms with Crippen LogP contribution in [0.5, 0.6) is 0 Å². The Hall–Kier alpha value is -2.18. The van der Waals surface area contributed by atoms with Crippen molar-refractivity contribution in [3.05, 3.63) is 18.1 Å². The number of likely N-dealkylation sites (N-methyl/N-ethyl adjacent to an activating group) is 1. The first-order valence-corrected chi connectivity index (χ1v) is 5.83. The molecule has 0 aliphatic rings. The number of nitrogens with two attached hydrogens (primary N) is 1. The van der Waals surface area contributed by atoms with E-state index in [1.807, 2.05) is 20.8 Å². The van der Waals surface area contributed by atoms with Gasteiger partial charge in [0.25, 0.3) is 5.91 Å². The molecule has 2 amide bonds. The topological polar surface area (TPSA) is 101 Å². The number of hydrogen-bond donors (Lipinski definition) is 2. The molecule has 0 aromatic carbocycles. The zero-order chi connectivity index (χ0) is 14.6. The van der Waals surface area contributed by atoms with E-state index in [2.05, 4.69) is 15.3 Å². The highest BCUT2D eigenvalue weighted by Gasteiger charge is 2.16. The second-order valence-corrected chi connectivity index (χ2v) is 5.28. The maximum absolute atomic E-state index is 11.8. The summed E-state index contributed by atoms with van der Waals surface area (Å²) in [6.07, 6.45) is 2.76. The smallest absolute Gasteiger partial charge is 0.268 e. The number of amides is 2. The average molecular weight is 265 g/mol. The summed E-state index contributed by atoms with van der Waals surface area (Å²) < 4.78 is 0. The van der Waals surface area contributed by atoms with Gasteiger partial charge in [-0.25, -0.2) is 4.98 Å². The number of anilines is 1. The SMILES string of the molecule is CN(CC(=O)NC(C)(C)C)c1cncc(C(N)=O)n1. The first kappa shape index (κ1) is 14.9. The summed E-state index contributed by atoms with van der Waals surface area (Å²) in [5.74, 6) is -0.372. The van der Waals surface area contributed by atoms with Gasteiger partial charge in [0.15, 0.2) is 0 Å². The molecule has 3 N–H and O–H groups in total. The molecule has 0 fully saturated rings. The Morgan fingerprint density at radius 3 is 2.53 bits per heavy atom. The minimum Gasteiger partial charge on any atom is -0.364 e. The second-order valence-electron chi connectivity index (χ2n) is 5.28. The predicted molar refractivity (Wildman–Crippen MR) is 71.7 cm³/mol. The summed E-state index contributed by atoms with van der Waals surface area (Å²) in [7, 11) is 1.69. The number of aromatic nitrogens is 2. The number of hydrogen-bond acceptors (Lipinski definition) is 5. The Kier molecular flexibility index (Phi) is 4.42. The molecule has 104 valence electrons. The first-order valence-electron chi connectivity index (χ1n) is 5.83. The molecule has 19 heavy (non-hydrogen) atoms. The van der Waals surface area contributed by atoms with Crippen LogP contribution in [-0.2, 0) is 4.79 Å². The molecule has 0 spiro atoms. The van der Waals surface area contributed by atoms with Gasteiger partial charge in [0.2, 0.25) is 5.91 Å². The van der Waals surface area contributed by atoms with Crippen LogP contribution in [0.3, 0.4) is 0 Å². The fourth-order valence-electron chi connectivity index (χ4n) is 1.41. The Morgan fingerprint density at radius 1 is 1.37 bits per heavy atom. The van der Waals surface area contributed by atoms with Crippen LogP contribution in [0.4, 0.5) is 5.82 Å². The number of nitrogens with zero attached hydrogens (tertiary/aromatic N) is 3. The van der Waals surface area contributed by atoms with E-state index in [0.717, 1.165) is 0 Å². The molecule has 0 unspecified atom stereocenters. The number of primary amides is 1. The maximum Gasteiger partial charge on any atom is 0.268 e. The van der Waals surface area contributed by atoms with Crippen molar-refractivity contribution in [1.82, 2.24) is 15.3 Å². The highest BCUT2D eigenvalue weighted by Crippen LogP contribution is 2.07. The van der Waals surface area contributed by atoms with Gasteiger partial charge in [-0.1, -0.05) is 0 Å². The van der Waals surface area contributed by atoms with Crippen molar-refractivity contribution in [1.29, 1.82) is 0 Å². The minimum atomic E-state index is -0.651. The molecule has 0 aliphatic carbocycles. The van der Waals surface area contributed by atoms with Gasteiger partial charge in [0.1, 0.15) is 11.5 Å². The summed E-state index contributed by atoms with van der Waals surface area (Å²) in [5, 5.41) is 2.84. The number of carbonyl (C=O) groups excluding carboxylic acids is 2. The summed E-state index contributed by atoms with van der Waals surface area (Å²) >= 11 is 0. The van der Waals surface area contributed by atoms with Crippen molar-refractivity contribution in [2.75, 3.05) is 18.5 Å². The maximum atomic E-state index is 11.8.